The van der Waals surface area contributed by atoms with E-state index in [2.05, 4.69) is 155 Å². The molecule has 1 N–H and O–H groups in total. The SMILES string of the molecule is CC1(C)c2cc(Nc3ccccc3N(Bc3ccccc3)c3ccccc3)ccc2-c2ccc(-c3ncccn3)cc21. The van der Waals surface area contributed by atoms with Crippen molar-refractivity contribution in [1.82, 2.24) is 9.97 Å². The van der Waals surface area contributed by atoms with Crippen LogP contribution in [0.1, 0.15) is 25.0 Å². The van der Waals surface area contributed by atoms with Crippen molar-refractivity contribution in [3.8, 4) is 22.5 Å². The quantitative estimate of drug-likeness (QED) is 0.208. The van der Waals surface area contributed by atoms with Gasteiger partial charge in [-0.1, -0.05) is 98.2 Å². The number of aromatic nitrogens is 2. The fourth-order valence-electron chi connectivity index (χ4n) is 6.06. The Labute approximate surface area is 248 Å². The maximum atomic E-state index is 4.48. The van der Waals surface area contributed by atoms with E-state index in [0.717, 1.165) is 41.6 Å². The Kier molecular flexibility index (Phi) is 6.56. The molecular formula is C37H31BN4. The molecule has 0 saturated carbocycles. The van der Waals surface area contributed by atoms with E-state index in [-0.39, 0.29) is 5.41 Å². The molecule has 5 aromatic carbocycles. The summed E-state index contributed by atoms with van der Waals surface area (Å²) in [5, 5.41) is 3.78. The Hall–Kier alpha value is -5.16. The van der Waals surface area contributed by atoms with Crippen molar-refractivity contribution in [2.24, 2.45) is 0 Å². The lowest BCUT2D eigenvalue weighted by atomic mass is 9.79. The number of anilines is 4. The van der Waals surface area contributed by atoms with E-state index < -0.39 is 0 Å². The number of hydrogen-bond donors (Lipinski definition) is 1. The van der Waals surface area contributed by atoms with Crippen LogP contribution in [-0.2, 0) is 5.41 Å². The lowest BCUT2D eigenvalue weighted by Crippen LogP contribution is -2.32. The van der Waals surface area contributed by atoms with Gasteiger partial charge >= 0.3 is 0 Å². The zero-order valence-electron chi connectivity index (χ0n) is 23.8. The van der Waals surface area contributed by atoms with E-state index in [1.165, 1.54) is 27.7 Å². The van der Waals surface area contributed by atoms with Gasteiger partial charge in [0.05, 0.1) is 11.4 Å². The molecule has 0 spiro atoms. The van der Waals surface area contributed by atoms with E-state index >= 15 is 0 Å². The molecule has 7 rings (SSSR count). The predicted molar refractivity (Wildman–Crippen MR) is 177 cm³/mol. The zero-order chi connectivity index (χ0) is 28.5. The summed E-state index contributed by atoms with van der Waals surface area (Å²) in [4.78, 5) is 11.3. The Morgan fingerprint density at radius 2 is 1.29 bits per heavy atom. The largest absolute Gasteiger partial charge is 0.383 e. The van der Waals surface area contributed by atoms with Crippen molar-refractivity contribution < 1.29 is 0 Å². The van der Waals surface area contributed by atoms with Gasteiger partial charge in [0.1, 0.15) is 0 Å². The highest BCUT2D eigenvalue weighted by Crippen LogP contribution is 2.50. The summed E-state index contributed by atoms with van der Waals surface area (Å²) in [5.74, 6) is 0.754. The predicted octanol–water partition coefficient (Wildman–Crippen LogP) is 8.01. The lowest BCUT2D eigenvalue weighted by molar-refractivity contribution is 0.661. The highest BCUT2D eigenvalue weighted by molar-refractivity contribution is 6.59. The first-order valence-corrected chi connectivity index (χ1v) is 14.4. The normalized spacial score (nSPS) is 12.7. The Bertz CT molecular complexity index is 1850. The van der Waals surface area contributed by atoms with Gasteiger partial charge in [0.2, 0.25) is 0 Å². The molecular weight excluding hydrogens is 511 g/mol. The van der Waals surface area contributed by atoms with Crippen LogP contribution in [0.4, 0.5) is 22.7 Å². The highest BCUT2D eigenvalue weighted by atomic mass is 15.1. The van der Waals surface area contributed by atoms with Crippen LogP contribution in [0.25, 0.3) is 22.5 Å². The fourth-order valence-corrected chi connectivity index (χ4v) is 6.06. The van der Waals surface area contributed by atoms with Gasteiger partial charge in [0.25, 0.3) is 7.41 Å². The average Bonchev–Trinajstić information content (AvgIpc) is 3.27. The minimum absolute atomic E-state index is 0.157. The molecule has 0 unspecified atom stereocenters. The standard InChI is InChI=1S/C37H31BN4/c1-37(2)32-24-26(36-39-22-11-23-40-36)18-20-30(32)31-21-19-28(25-33(31)37)41-34-16-9-10-17-35(34)42(29-14-7-4-8-15-29)38-27-12-5-3-6-13-27/h3-25,38,41H,1-2H3. The number of hydrogen-bond acceptors (Lipinski definition) is 4. The van der Waals surface area contributed by atoms with Crippen LogP contribution in [0.3, 0.4) is 0 Å². The van der Waals surface area contributed by atoms with Crippen LogP contribution in [0.15, 0.2) is 140 Å². The van der Waals surface area contributed by atoms with E-state index in [0.29, 0.717) is 0 Å². The Morgan fingerprint density at radius 3 is 2.05 bits per heavy atom. The van der Waals surface area contributed by atoms with E-state index in [9.17, 15) is 0 Å². The summed E-state index contributed by atoms with van der Waals surface area (Å²) in [7, 11) is 0.767. The van der Waals surface area contributed by atoms with Crippen LogP contribution in [0, 0.1) is 0 Å². The Balaban J connectivity index is 1.24. The molecule has 4 nitrogen and oxygen atoms in total. The number of para-hydroxylation sites is 3. The summed E-state index contributed by atoms with van der Waals surface area (Å²) in [6, 6.07) is 45.0. The second-order valence-electron chi connectivity index (χ2n) is 11.3. The second-order valence-corrected chi connectivity index (χ2v) is 11.3. The topological polar surface area (TPSA) is 41.0 Å². The Morgan fingerprint density at radius 1 is 0.643 bits per heavy atom. The van der Waals surface area contributed by atoms with Gasteiger partial charge in [-0.15, -0.1) is 0 Å². The fraction of sp³-hybridized carbons (Fsp3) is 0.0811. The molecule has 6 aromatic rings. The van der Waals surface area contributed by atoms with Crippen molar-refractivity contribution in [3.05, 3.63) is 151 Å². The smallest absolute Gasteiger partial charge is 0.275 e. The molecule has 1 heterocycles. The molecule has 42 heavy (non-hydrogen) atoms. The number of benzene rings is 5. The molecule has 5 heteroatoms. The molecule has 0 aliphatic heterocycles. The molecule has 0 radical (unpaired) electrons. The summed E-state index contributed by atoms with van der Waals surface area (Å²) >= 11 is 0. The van der Waals surface area contributed by atoms with Crippen LogP contribution >= 0.6 is 0 Å². The van der Waals surface area contributed by atoms with Gasteiger partial charge in [0.15, 0.2) is 5.82 Å². The van der Waals surface area contributed by atoms with Crippen LogP contribution in [-0.4, -0.2) is 17.4 Å². The van der Waals surface area contributed by atoms with Crippen molar-refractivity contribution in [2.45, 2.75) is 19.3 Å². The molecule has 1 aliphatic carbocycles. The van der Waals surface area contributed by atoms with E-state index in [1.807, 2.05) is 6.07 Å². The summed E-state index contributed by atoms with van der Waals surface area (Å²) < 4.78 is 0. The first-order chi connectivity index (χ1) is 20.6. The van der Waals surface area contributed by atoms with E-state index in [1.54, 1.807) is 12.4 Å². The summed E-state index contributed by atoms with van der Waals surface area (Å²) in [6.45, 7) is 4.62. The second kappa shape index (κ2) is 10.7. The number of fused-ring (bicyclic) bond motifs is 3. The van der Waals surface area contributed by atoms with Crippen LogP contribution in [0.5, 0.6) is 0 Å². The highest BCUT2D eigenvalue weighted by Gasteiger charge is 2.36. The zero-order valence-corrected chi connectivity index (χ0v) is 23.8. The van der Waals surface area contributed by atoms with Crippen molar-refractivity contribution in [2.75, 3.05) is 10.1 Å². The third-order valence-corrected chi connectivity index (χ3v) is 8.23. The first kappa shape index (κ1) is 25.8. The average molecular weight is 542 g/mol. The summed E-state index contributed by atoms with van der Waals surface area (Å²) in [6.07, 6.45) is 3.59. The van der Waals surface area contributed by atoms with Gasteiger partial charge in [-0.25, -0.2) is 9.97 Å². The van der Waals surface area contributed by atoms with E-state index in [4.69, 9.17) is 0 Å². The first-order valence-electron chi connectivity index (χ1n) is 14.4. The lowest BCUT2D eigenvalue weighted by Gasteiger charge is -2.28. The minimum Gasteiger partial charge on any atom is -0.383 e. The number of nitrogens with one attached hydrogen (secondary N) is 1. The summed E-state index contributed by atoms with van der Waals surface area (Å²) in [5.41, 5.74) is 11.7. The van der Waals surface area contributed by atoms with Gasteiger partial charge < -0.3 is 10.1 Å². The molecule has 1 aliphatic rings. The van der Waals surface area contributed by atoms with Gasteiger partial charge in [-0.05, 0) is 70.8 Å². The molecule has 0 fully saturated rings. The molecule has 0 amide bonds. The molecule has 202 valence electrons. The van der Waals surface area contributed by atoms with Crippen molar-refractivity contribution in [3.63, 3.8) is 0 Å². The molecule has 1 aromatic heterocycles. The minimum atomic E-state index is -0.157. The van der Waals surface area contributed by atoms with Gasteiger partial charge in [-0.2, -0.15) is 0 Å². The third-order valence-electron chi connectivity index (χ3n) is 8.23. The third kappa shape index (κ3) is 4.73. The maximum absolute atomic E-state index is 4.48. The van der Waals surface area contributed by atoms with Crippen molar-refractivity contribution >= 4 is 35.6 Å². The van der Waals surface area contributed by atoms with Crippen LogP contribution < -0.4 is 15.6 Å². The van der Waals surface area contributed by atoms with Gasteiger partial charge in [0, 0.05) is 34.7 Å². The molecule has 0 bridgehead atoms. The van der Waals surface area contributed by atoms with Crippen LogP contribution in [0.2, 0.25) is 0 Å². The maximum Gasteiger partial charge on any atom is 0.275 e. The molecule has 0 atom stereocenters. The molecule has 0 saturated heterocycles. The number of rotatable bonds is 7. The van der Waals surface area contributed by atoms with Crippen molar-refractivity contribution in [1.29, 1.82) is 0 Å². The van der Waals surface area contributed by atoms with Gasteiger partial charge in [-0.3, -0.25) is 0 Å². The monoisotopic (exact) mass is 542 g/mol. The number of nitrogens with zero attached hydrogens (tertiary/aromatic N) is 3.